The molecule has 0 amide bonds. The Morgan fingerprint density at radius 2 is 2.10 bits per heavy atom. The minimum absolute atomic E-state index is 0.0581. The predicted octanol–water partition coefficient (Wildman–Crippen LogP) is 3.18. The van der Waals surface area contributed by atoms with Gasteiger partial charge in [0.25, 0.3) is 10.0 Å². The van der Waals surface area contributed by atoms with E-state index in [0.717, 1.165) is 29.7 Å². The van der Waals surface area contributed by atoms with Crippen LogP contribution in [0.4, 0.5) is 5.69 Å². The normalized spacial score (nSPS) is 14.9. The van der Waals surface area contributed by atoms with Crippen molar-refractivity contribution in [3.05, 3.63) is 52.8 Å². The number of sulfonamides is 1. The molecule has 2 heterocycles. The summed E-state index contributed by atoms with van der Waals surface area (Å²) in [6, 6.07) is 7.37. The molecule has 1 aromatic carbocycles. The van der Waals surface area contributed by atoms with E-state index in [4.69, 9.17) is 11.6 Å². The van der Waals surface area contributed by atoms with Gasteiger partial charge < -0.3 is 0 Å². The fraction of sp³-hybridized carbons (Fsp3) is 0.267. The van der Waals surface area contributed by atoms with Crippen molar-refractivity contribution in [1.82, 2.24) is 4.98 Å². The van der Waals surface area contributed by atoms with Crippen LogP contribution in [0.15, 0.2) is 41.6 Å². The Morgan fingerprint density at radius 3 is 2.86 bits per heavy atom. The molecule has 0 atom stereocenters. The van der Waals surface area contributed by atoms with Gasteiger partial charge in [-0.1, -0.05) is 29.8 Å². The number of para-hydroxylation sites is 1. The maximum absolute atomic E-state index is 12.9. The van der Waals surface area contributed by atoms with E-state index in [1.165, 1.54) is 22.8 Å². The first-order valence-corrected chi connectivity index (χ1v) is 8.54. The zero-order chi connectivity index (χ0) is 15.0. The standard InChI is InChI=1S/C15H15ClN2O2S/c1-11-4-2-5-12-6-3-9-18(15(11)12)21(19,20)14-10-17-8-7-13(14)16/h2,4-5,7-8,10H,3,6,9H2,1H3. The maximum Gasteiger partial charge on any atom is 0.267 e. The number of halogens is 1. The van der Waals surface area contributed by atoms with Gasteiger partial charge in [-0.15, -0.1) is 0 Å². The summed E-state index contributed by atoms with van der Waals surface area (Å²) in [5.74, 6) is 0. The summed E-state index contributed by atoms with van der Waals surface area (Å²) >= 11 is 6.05. The van der Waals surface area contributed by atoms with Gasteiger partial charge in [0.2, 0.25) is 0 Å². The molecule has 0 unspecified atom stereocenters. The van der Waals surface area contributed by atoms with Crippen molar-refractivity contribution in [2.75, 3.05) is 10.8 Å². The minimum atomic E-state index is -3.69. The lowest BCUT2D eigenvalue weighted by Gasteiger charge is -2.32. The van der Waals surface area contributed by atoms with Crippen molar-refractivity contribution >= 4 is 27.3 Å². The number of nitrogens with zero attached hydrogens (tertiary/aromatic N) is 2. The molecule has 0 radical (unpaired) electrons. The van der Waals surface area contributed by atoms with E-state index in [1.807, 2.05) is 25.1 Å². The van der Waals surface area contributed by atoms with Gasteiger partial charge in [-0.25, -0.2) is 8.42 Å². The zero-order valence-corrected chi connectivity index (χ0v) is 13.2. The molecular weight excluding hydrogens is 308 g/mol. The maximum atomic E-state index is 12.9. The summed E-state index contributed by atoms with van der Waals surface area (Å²) in [5.41, 5.74) is 2.80. The highest BCUT2D eigenvalue weighted by atomic mass is 35.5. The summed E-state index contributed by atoms with van der Waals surface area (Å²) in [6.07, 6.45) is 4.48. The predicted molar refractivity (Wildman–Crippen MR) is 83.3 cm³/mol. The largest absolute Gasteiger partial charge is 0.267 e. The Labute approximate surface area is 129 Å². The molecule has 0 saturated carbocycles. The highest BCUT2D eigenvalue weighted by Gasteiger charge is 2.31. The molecule has 0 bridgehead atoms. The highest BCUT2D eigenvalue weighted by molar-refractivity contribution is 7.93. The zero-order valence-electron chi connectivity index (χ0n) is 11.6. The second kappa shape index (κ2) is 5.31. The van der Waals surface area contributed by atoms with Crippen molar-refractivity contribution in [2.45, 2.75) is 24.7 Å². The first kappa shape index (κ1) is 14.4. The molecule has 0 aliphatic carbocycles. The van der Waals surface area contributed by atoms with Crippen LogP contribution in [0.25, 0.3) is 0 Å². The number of hydrogen-bond donors (Lipinski definition) is 0. The number of hydrogen-bond acceptors (Lipinski definition) is 3. The molecular formula is C15H15ClN2O2S. The average molecular weight is 323 g/mol. The van der Waals surface area contributed by atoms with Crippen LogP contribution in [0.2, 0.25) is 5.02 Å². The molecule has 1 aromatic heterocycles. The van der Waals surface area contributed by atoms with Crippen molar-refractivity contribution in [2.24, 2.45) is 0 Å². The molecule has 4 nitrogen and oxygen atoms in total. The van der Waals surface area contributed by atoms with Crippen LogP contribution < -0.4 is 4.31 Å². The second-order valence-corrected chi connectivity index (χ2v) is 7.31. The molecule has 1 aliphatic heterocycles. The smallest absolute Gasteiger partial charge is 0.266 e. The number of fused-ring (bicyclic) bond motifs is 1. The Kier molecular flexibility index (Phi) is 3.63. The van der Waals surface area contributed by atoms with Crippen LogP contribution in [0.3, 0.4) is 0 Å². The van der Waals surface area contributed by atoms with E-state index in [0.29, 0.717) is 6.54 Å². The Morgan fingerprint density at radius 1 is 1.29 bits per heavy atom. The third-order valence-electron chi connectivity index (χ3n) is 3.68. The summed E-state index contributed by atoms with van der Waals surface area (Å²) in [6.45, 7) is 2.39. The Hall–Kier alpha value is -1.59. The molecule has 21 heavy (non-hydrogen) atoms. The molecule has 1 aliphatic rings. The average Bonchev–Trinajstić information content (AvgIpc) is 2.47. The summed E-state index contributed by atoms with van der Waals surface area (Å²) < 4.78 is 27.3. The van der Waals surface area contributed by atoms with Gasteiger partial charge >= 0.3 is 0 Å². The van der Waals surface area contributed by atoms with Gasteiger partial charge in [-0.2, -0.15) is 0 Å². The van der Waals surface area contributed by atoms with Crippen LogP contribution in [0, 0.1) is 6.92 Å². The second-order valence-electron chi connectivity index (χ2n) is 5.07. The summed E-state index contributed by atoms with van der Waals surface area (Å²) in [7, 11) is -3.69. The first-order valence-electron chi connectivity index (χ1n) is 6.72. The van der Waals surface area contributed by atoms with Gasteiger partial charge in [0.1, 0.15) is 4.90 Å². The molecule has 110 valence electrons. The Balaban J connectivity index is 2.17. The fourth-order valence-electron chi connectivity index (χ4n) is 2.72. The third kappa shape index (κ3) is 2.40. The van der Waals surface area contributed by atoms with E-state index in [9.17, 15) is 8.42 Å². The van der Waals surface area contributed by atoms with Crippen LogP contribution in [-0.2, 0) is 16.4 Å². The quantitative estimate of drug-likeness (QED) is 0.853. The number of aromatic nitrogens is 1. The van der Waals surface area contributed by atoms with Gasteiger partial charge in [0.05, 0.1) is 10.7 Å². The van der Waals surface area contributed by atoms with E-state index in [1.54, 1.807) is 0 Å². The Bertz CT molecular complexity index is 790. The van der Waals surface area contributed by atoms with Gasteiger partial charge in [0, 0.05) is 18.9 Å². The van der Waals surface area contributed by atoms with Crippen LogP contribution in [0.1, 0.15) is 17.5 Å². The van der Waals surface area contributed by atoms with Crippen LogP contribution in [0.5, 0.6) is 0 Å². The lowest BCUT2D eigenvalue weighted by atomic mass is 10.0. The van der Waals surface area contributed by atoms with Gasteiger partial charge in [0.15, 0.2) is 0 Å². The van der Waals surface area contributed by atoms with Crippen molar-refractivity contribution in [3.63, 3.8) is 0 Å². The van der Waals surface area contributed by atoms with E-state index in [2.05, 4.69) is 4.98 Å². The molecule has 0 fully saturated rings. The van der Waals surface area contributed by atoms with E-state index < -0.39 is 10.0 Å². The third-order valence-corrected chi connectivity index (χ3v) is 5.95. The monoisotopic (exact) mass is 322 g/mol. The number of rotatable bonds is 2. The van der Waals surface area contributed by atoms with Gasteiger partial charge in [-0.05, 0) is 37.0 Å². The molecule has 2 aromatic rings. The molecule has 6 heteroatoms. The van der Waals surface area contributed by atoms with Crippen molar-refractivity contribution < 1.29 is 8.42 Å². The minimum Gasteiger partial charge on any atom is -0.266 e. The summed E-state index contributed by atoms with van der Waals surface area (Å²) in [4.78, 5) is 3.95. The molecule has 3 rings (SSSR count). The van der Waals surface area contributed by atoms with Crippen molar-refractivity contribution in [3.8, 4) is 0 Å². The summed E-state index contributed by atoms with van der Waals surface area (Å²) in [5, 5.41) is 0.200. The number of benzene rings is 1. The van der Waals surface area contributed by atoms with E-state index in [-0.39, 0.29) is 9.92 Å². The molecule has 0 saturated heterocycles. The number of anilines is 1. The fourth-order valence-corrected chi connectivity index (χ4v) is 4.73. The molecule has 0 N–H and O–H groups in total. The van der Waals surface area contributed by atoms with Crippen LogP contribution >= 0.6 is 11.6 Å². The van der Waals surface area contributed by atoms with Crippen molar-refractivity contribution in [1.29, 1.82) is 0 Å². The topological polar surface area (TPSA) is 50.3 Å². The lowest BCUT2D eigenvalue weighted by molar-refractivity contribution is 0.586. The number of pyridine rings is 1. The number of aryl methyl sites for hydroxylation is 2. The molecule has 0 spiro atoms. The van der Waals surface area contributed by atoms with Gasteiger partial charge in [-0.3, -0.25) is 9.29 Å². The van der Waals surface area contributed by atoms with E-state index >= 15 is 0 Å². The first-order chi connectivity index (χ1) is 10.0. The SMILES string of the molecule is Cc1cccc2c1N(S(=O)(=O)c1cnccc1Cl)CCC2. The van der Waals surface area contributed by atoms with Crippen LogP contribution in [-0.4, -0.2) is 19.9 Å². The highest BCUT2D eigenvalue weighted by Crippen LogP contribution is 2.35. The lowest BCUT2D eigenvalue weighted by Crippen LogP contribution is -2.36.